The standard InChI is InChI=1S/C22H18FN7O2/c23-18-9-16(22(31)29-32)1-2-17(18)13-30(21-12-25-7-8-28-21)20-11-15(4-6-27-20)14-3-5-26-19(24)10-14/h1-12,32H,13H2,(H2,24,26)(H,29,31). The third-order valence-electron chi connectivity index (χ3n) is 4.71. The highest BCUT2D eigenvalue weighted by molar-refractivity contribution is 5.93. The first-order valence-corrected chi connectivity index (χ1v) is 9.49. The van der Waals surface area contributed by atoms with E-state index in [2.05, 4.69) is 19.9 Å². The van der Waals surface area contributed by atoms with Crippen molar-refractivity contribution in [2.24, 2.45) is 0 Å². The number of nitrogens with one attached hydrogen (secondary N) is 1. The largest absolute Gasteiger partial charge is 0.384 e. The van der Waals surface area contributed by atoms with Crippen molar-refractivity contribution < 1.29 is 14.4 Å². The minimum Gasteiger partial charge on any atom is -0.384 e. The zero-order chi connectivity index (χ0) is 22.5. The van der Waals surface area contributed by atoms with Gasteiger partial charge in [-0.25, -0.2) is 24.8 Å². The number of pyridine rings is 2. The molecule has 0 aliphatic rings. The van der Waals surface area contributed by atoms with Crippen LogP contribution in [0.2, 0.25) is 0 Å². The molecule has 4 N–H and O–H groups in total. The van der Waals surface area contributed by atoms with Crippen molar-refractivity contribution >= 4 is 23.4 Å². The highest BCUT2D eigenvalue weighted by Gasteiger charge is 2.17. The van der Waals surface area contributed by atoms with Crippen LogP contribution in [0.1, 0.15) is 15.9 Å². The molecule has 0 unspecified atom stereocenters. The molecule has 0 radical (unpaired) electrons. The van der Waals surface area contributed by atoms with E-state index in [1.165, 1.54) is 30.0 Å². The molecule has 0 bridgehead atoms. The topological polar surface area (TPSA) is 130 Å². The van der Waals surface area contributed by atoms with Crippen LogP contribution in [-0.2, 0) is 6.54 Å². The summed E-state index contributed by atoms with van der Waals surface area (Å²) in [4.78, 5) is 30.1. The highest BCUT2D eigenvalue weighted by Crippen LogP contribution is 2.29. The number of nitrogen functional groups attached to an aromatic ring is 1. The number of benzene rings is 1. The number of halogens is 1. The number of anilines is 3. The lowest BCUT2D eigenvalue weighted by atomic mass is 10.1. The summed E-state index contributed by atoms with van der Waals surface area (Å²) in [7, 11) is 0. The van der Waals surface area contributed by atoms with Crippen LogP contribution in [-0.4, -0.2) is 31.1 Å². The van der Waals surface area contributed by atoms with Crippen LogP contribution < -0.4 is 16.1 Å². The van der Waals surface area contributed by atoms with Crippen molar-refractivity contribution in [1.29, 1.82) is 0 Å². The van der Waals surface area contributed by atoms with Crippen LogP contribution in [0.4, 0.5) is 21.8 Å². The number of hydroxylamine groups is 1. The molecular weight excluding hydrogens is 413 g/mol. The van der Waals surface area contributed by atoms with Crippen molar-refractivity contribution in [2.75, 3.05) is 10.6 Å². The van der Waals surface area contributed by atoms with Gasteiger partial charge in [0.25, 0.3) is 5.91 Å². The third kappa shape index (κ3) is 4.50. The van der Waals surface area contributed by atoms with E-state index in [-0.39, 0.29) is 12.1 Å². The first kappa shape index (κ1) is 20.8. The van der Waals surface area contributed by atoms with E-state index in [4.69, 9.17) is 10.9 Å². The quantitative estimate of drug-likeness (QED) is 0.314. The Kier molecular flexibility index (Phi) is 5.95. The summed E-state index contributed by atoms with van der Waals surface area (Å²) in [5.74, 6) is -0.0519. The molecule has 0 aliphatic carbocycles. The van der Waals surface area contributed by atoms with Gasteiger partial charge >= 0.3 is 0 Å². The molecule has 0 spiro atoms. The maximum absolute atomic E-state index is 14.8. The van der Waals surface area contributed by atoms with E-state index in [1.54, 1.807) is 29.6 Å². The number of carbonyl (C=O) groups excluding carboxylic acids is 1. The molecule has 4 rings (SSSR count). The molecule has 32 heavy (non-hydrogen) atoms. The Bertz CT molecular complexity index is 1250. The van der Waals surface area contributed by atoms with Gasteiger partial charge in [0.15, 0.2) is 5.82 Å². The minimum absolute atomic E-state index is 0.00444. The summed E-state index contributed by atoms with van der Waals surface area (Å²) in [5.41, 5.74) is 9.28. The lowest BCUT2D eigenvalue weighted by molar-refractivity contribution is 0.0706. The third-order valence-corrected chi connectivity index (χ3v) is 4.71. The summed E-state index contributed by atoms with van der Waals surface area (Å²) in [6.07, 6.45) is 7.86. The maximum atomic E-state index is 14.8. The van der Waals surface area contributed by atoms with Crippen molar-refractivity contribution in [1.82, 2.24) is 25.4 Å². The molecule has 4 aromatic rings. The van der Waals surface area contributed by atoms with Gasteiger partial charge in [0.2, 0.25) is 0 Å². The molecule has 0 aliphatic heterocycles. The van der Waals surface area contributed by atoms with Gasteiger partial charge in [0, 0.05) is 35.9 Å². The summed E-state index contributed by atoms with van der Waals surface area (Å²) >= 11 is 0. The molecule has 0 saturated heterocycles. The minimum atomic E-state index is -0.799. The summed E-state index contributed by atoms with van der Waals surface area (Å²) in [5, 5.41) is 8.76. The van der Waals surface area contributed by atoms with Gasteiger partial charge in [-0.05, 0) is 47.5 Å². The first-order chi connectivity index (χ1) is 15.5. The van der Waals surface area contributed by atoms with E-state index < -0.39 is 11.7 Å². The predicted molar refractivity (Wildman–Crippen MR) is 115 cm³/mol. The molecule has 3 heterocycles. The number of amides is 1. The van der Waals surface area contributed by atoms with Crippen LogP contribution in [0, 0.1) is 5.82 Å². The molecule has 9 nitrogen and oxygen atoms in total. The van der Waals surface area contributed by atoms with Gasteiger partial charge in [-0.1, -0.05) is 6.07 Å². The maximum Gasteiger partial charge on any atom is 0.274 e. The fourth-order valence-corrected chi connectivity index (χ4v) is 3.14. The Morgan fingerprint density at radius 1 is 0.969 bits per heavy atom. The molecule has 160 valence electrons. The molecule has 1 aromatic carbocycles. The molecule has 3 aromatic heterocycles. The first-order valence-electron chi connectivity index (χ1n) is 9.49. The number of hydrogen-bond acceptors (Lipinski definition) is 8. The normalized spacial score (nSPS) is 10.6. The average molecular weight is 431 g/mol. The lowest BCUT2D eigenvalue weighted by Crippen LogP contribution is -2.21. The second-order valence-corrected chi connectivity index (χ2v) is 6.77. The molecule has 10 heteroatoms. The van der Waals surface area contributed by atoms with E-state index in [0.717, 1.165) is 17.2 Å². The fourth-order valence-electron chi connectivity index (χ4n) is 3.14. The Balaban J connectivity index is 1.73. The molecule has 1 amide bonds. The van der Waals surface area contributed by atoms with Crippen LogP contribution >= 0.6 is 0 Å². The summed E-state index contributed by atoms with van der Waals surface area (Å²) < 4.78 is 14.8. The van der Waals surface area contributed by atoms with Gasteiger partial charge < -0.3 is 10.6 Å². The molecule has 0 saturated carbocycles. The second kappa shape index (κ2) is 9.14. The van der Waals surface area contributed by atoms with E-state index in [0.29, 0.717) is 23.0 Å². The molecular formula is C22H18FN7O2. The predicted octanol–water partition coefficient (Wildman–Crippen LogP) is 3.11. The van der Waals surface area contributed by atoms with Crippen molar-refractivity contribution in [3.63, 3.8) is 0 Å². The van der Waals surface area contributed by atoms with E-state index in [9.17, 15) is 9.18 Å². The Hall–Kier alpha value is -4.44. The lowest BCUT2D eigenvalue weighted by Gasteiger charge is -2.23. The monoisotopic (exact) mass is 431 g/mol. The Labute approximate surface area is 182 Å². The van der Waals surface area contributed by atoms with E-state index >= 15 is 0 Å². The summed E-state index contributed by atoms with van der Waals surface area (Å²) in [6, 6.07) is 11.2. The van der Waals surface area contributed by atoms with Crippen LogP contribution in [0.5, 0.6) is 0 Å². The molecule has 0 fully saturated rings. The summed E-state index contributed by atoms with van der Waals surface area (Å²) in [6.45, 7) is 0.0699. The number of nitrogens with zero attached hydrogens (tertiary/aromatic N) is 5. The smallest absolute Gasteiger partial charge is 0.274 e. The Morgan fingerprint density at radius 2 is 1.72 bits per heavy atom. The van der Waals surface area contributed by atoms with Crippen molar-refractivity contribution in [2.45, 2.75) is 6.54 Å². The van der Waals surface area contributed by atoms with Gasteiger partial charge in [-0.15, -0.1) is 0 Å². The second-order valence-electron chi connectivity index (χ2n) is 6.77. The van der Waals surface area contributed by atoms with Crippen molar-refractivity contribution in [3.05, 3.63) is 90.4 Å². The van der Waals surface area contributed by atoms with Gasteiger partial charge in [-0.3, -0.25) is 15.0 Å². The van der Waals surface area contributed by atoms with E-state index in [1.807, 2.05) is 18.2 Å². The Morgan fingerprint density at radius 3 is 2.41 bits per heavy atom. The SMILES string of the molecule is Nc1cc(-c2ccnc(N(Cc3ccc(C(=O)NO)cc3F)c3cnccn3)c2)ccn1. The zero-order valence-corrected chi connectivity index (χ0v) is 16.7. The fraction of sp³-hybridized carbons (Fsp3) is 0.0455. The number of aromatic nitrogens is 4. The highest BCUT2D eigenvalue weighted by atomic mass is 19.1. The van der Waals surface area contributed by atoms with Gasteiger partial charge in [0.05, 0.1) is 12.7 Å². The van der Waals surface area contributed by atoms with Crippen LogP contribution in [0.15, 0.2) is 73.4 Å². The molecule has 0 atom stereocenters. The van der Waals surface area contributed by atoms with Crippen LogP contribution in [0.25, 0.3) is 11.1 Å². The van der Waals surface area contributed by atoms with Gasteiger partial charge in [0.1, 0.15) is 17.5 Å². The van der Waals surface area contributed by atoms with Crippen LogP contribution in [0.3, 0.4) is 0 Å². The van der Waals surface area contributed by atoms with Crippen molar-refractivity contribution in [3.8, 4) is 11.1 Å². The average Bonchev–Trinajstić information content (AvgIpc) is 2.83. The number of rotatable bonds is 6. The zero-order valence-electron chi connectivity index (χ0n) is 16.7. The number of nitrogens with two attached hydrogens (primary N) is 1. The number of hydrogen-bond donors (Lipinski definition) is 3. The van der Waals surface area contributed by atoms with Gasteiger partial charge in [-0.2, -0.15) is 0 Å². The number of carbonyl (C=O) groups is 1.